The second-order valence-electron chi connectivity index (χ2n) is 5.77. The van der Waals surface area contributed by atoms with E-state index in [1.54, 1.807) is 12.1 Å². The summed E-state index contributed by atoms with van der Waals surface area (Å²) >= 11 is 4.48. The number of aromatic nitrogens is 2. The van der Waals surface area contributed by atoms with Gasteiger partial charge in [0.2, 0.25) is 17.6 Å². The first kappa shape index (κ1) is 21.2. The summed E-state index contributed by atoms with van der Waals surface area (Å²) in [5.74, 6) is -0.966. The molecule has 0 radical (unpaired) electrons. The van der Waals surface area contributed by atoms with E-state index in [1.807, 2.05) is 0 Å². The van der Waals surface area contributed by atoms with Gasteiger partial charge in [0.05, 0.1) is 20.6 Å². The number of Topliss-reactive ketones (excluding diaryl/α,β-unsaturated/α-hetero) is 1. The van der Waals surface area contributed by atoms with E-state index in [9.17, 15) is 22.8 Å². The van der Waals surface area contributed by atoms with Crippen LogP contribution in [0.2, 0.25) is 0 Å². The van der Waals surface area contributed by atoms with Gasteiger partial charge in [-0.15, -0.1) is 21.5 Å². The van der Waals surface area contributed by atoms with Gasteiger partial charge in [-0.1, -0.05) is 6.07 Å². The zero-order chi connectivity index (χ0) is 21.0. The number of nitrogens with zero attached hydrogens (tertiary/aromatic N) is 2. The van der Waals surface area contributed by atoms with Crippen molar-refractivity contribution in [3.8, 4) is 11.5 Å². The summed E-state index contributed by atoms with van der Waals surface area (Å²) < 4.78 is 49.4. The monoisotopic (exact) mass is 488 g/mol. The second kappa shape index (κ2) is 8.87. The first-order valence-electron chi connectivity index (χ1n) is 8.16. The summed E-state index contributed by atoms with van der Waals surface area (Å²) in [4.78, 5) is 24.1. The van der Waals surface area contributed by atoms with Gasteiger partial charge in [0.1, 0.15) is 0 Å². The Morgan fingerprint density at radius 3 is 2.66 bits per heavy atom. The number of halogens is 4. The lowest BCUT2D eigenvalue weighted by Gasteiger charge is -2.06. The molecule has 0 aliphatic rings. The van der Waals surface area contributed by atoms with Crippen molar-refractivity contribution in [3.63, 3.8) is 0 Å². The topological polar surface area (TPSA) is 82.3 Å². The summed E-state index contributed by atoms with van der Waals surface area (Å²) in [6, 6.07) is 7.83. The van der Waals surface area contributed by atoms with Gasteiger partial charge in [-0.2, -0.15) is 13.2 Å². The maximum absolute atomic E-state index is 12.8. The molecule has 6 nitrogen and oxygen atoms in total. The molecule has 11 heteroatoms. The molecule has 0 spiro atoms. The highest BCUT2D eigenvalue weighted by molar-refractivity contribution is 9.11. The van der Waals surface area contributed by atoms with Crippen molar-refractivity contribution < 1.29 is 31.9 Å². The molecule has 0 saturated carbocycles. The molecule has 2 heterocycles. The summed E-state index contributed by atoms with van der Waals surface area (Å²) in [6.45, 7) is -0.384. The Kier molecular flexibility index (Phi) is 6.48. The van der Waals surface area contributed by atoms with Gasteiger partial charge < -0.3 is 9.15 Å². The fraction of sp³-hybridized carbons (Fsp3) is 0.222. The Morgan fingerprint density at radius 2 is 1.97 bits per heavy atom. The number of aryl methyl sites for hydroxylation is 1. The SMILES string of the molecule is O=C(CCc1nnc(-c2cccc(C(F)(F)F)c2)o1)OCC(=O)c1ccc(Br)s1. The lowest BCUT2D eigenvalue weighted by molar-refractivity contribution is -0.142. The number of alkyl halides is 3. The standard InChI is InChI=1S/C18H12BrF3N2O4S/c19-14-5-4-13(29-14)12(25)9-27-16(26)7-6-15-23-24-17(28-15)10-2-1-3-11(8-10)18(20,21)22/h1-5,8H,6-7,9H2. The minimum Gasteiger partial charge on any atom is -0.457 e. The molecule has 1 aromatic carbocycles. The molecule has 0 unspecified atom stereocenters. The van der Waals surface area contributed by atoms with E-state index in [4.69, 9.17) is 9.15 Å². The smallest absolute Gasteiger partial charge is 0.416 e. The highest BCUT2D eigenvalue weighted by atomic mass is 79.9. The third-order valence-electron chi connectivity index (χ3n) is 3.66. The number of rotatable bonds is 7. The number of ketones is 1. The Hall–Kier alpha value is -2.53. The molecular formula is C18H12BrF3N2O4S. The summed E-state index contributed by atoms with van der Waals surface area (Å²) in [7, 11) is 0. The lowest BCUT2D eigenvalue weighted by atomic mass is 10.1. The van der Waals surface area contributed by atoms with Crippen LogP contribution in [0.3, 0.4) is 0 Å². The molecule has 0 atom stereocenters. The number of carbonyl (C=O) groups is 2. The zero-order valence-corrected chi connectivity index (χ0v) is 16.9. The minimum absolute atomic E-state index is 0.0313. The first-order valence-corrected chi connectivity index (χ1v) is 9.77. The van der Waals surface area contributed by atoms with Crippen LogP contribution in [-0.2, 0) is 22.1 Å². The van der Waals surface area contributed by atoms with Crippen molar-refractivity contribution in [3.05, 3.63) is 56.5 Å². The number of carbonyl (C=O) groups excluding carboxylic acids is 2. The Bertz CT molecular complexity index is 1030. The number of esters is 1. The van der Waals surface area contributed by atoms with E-state index in [1.165, 1.54) is 23.5 Å². The summed E-state index contributed by atoms with van der Waals surface area (Å²) in [5.41, 5.74) is -0.713. The zero-order valence-electron chi connectivity index (χ0n) is 14.5. The molecule has 0 aliphatic carbocycles. The van der Waals surface area contributed by atoms with Gasteiger partial charge >= 0.3 is 12.1 Å². The van der Waals surface area contributed by atoms with E-state index < -0.39 is 17.7 Å². The van der Waals surface area contributed by atoms with Gasteiger partial charge in [-0.25, -0.2) is 0 Å². The molecular weight excluding hydrogens is 477 g/mol. The van der Waals surface area contributed by atoms with Crippen LogP contribution in [0, 0.1) is 0 Å². The van der Waals surface area contributed by atoms with Crippen molar-refractivity contribution in [2.75, 3.05) is 6.61 Å². The number of ether oxygens (including phenoxy) is 1. The van der Waals surface area contributed by atoms with E-state index in [-0.39, 0.29) is 42.6 Å². The van der Waals surface area contributed by atoms with Gasteiger partial charge in [0, 0.05) is 12.0 Å². The lowest BCUT2D eigenvalue weighted by Crippen LogP contribution is -2.13. The highest BCUT2D eigenvalue weighted by Gasteiger charge is 2.30. The molecule has 0 aliphatic heterocycles. The Balaban J connectivity index is 1.53. The number of hydrogen-bond acceptors (Lipinski definition) is 7. The molecule has 3 rings (SSSR count). The molecule has 0 bridgehead atoms. The highest BCUT2D eigenvalue weighted by Crippen LogP contribution is 2.31. The molecule has 29 heavy (non-hydrogen) atoms. The van der Waals surface area contributed by atoms with Gasteiger partial charge in [0.25, 0.3) is 0 Å². The van der Waals surface area contributed by atoms with Crippen molar-refractivity contribution in [2.24, 2.45) is 0 Å². The maximum Gasteiger partial charge on any atom is 0.416 e. The van der Waals surface area contributed by atoms with E-state index >= 15 is 0 Å². The number of benzene rings is 1. The van der Waals surface area contributed by atoms with E-state index in [0.717, 1.165) is 15.9 Å². The van der Waals surface area contributed by atoms with Gasteiger partial charge in [-0.05, 0) is 46.3 Å². The number of thiophene rings is 1. The second-order valence-corrected chi connectivity index (χ2v) is 8.23. The Morgan fingerprint density at radius 1 is 1.17 bits per heavy atom. The number of hydrogen-bond donors (Lipinski definition) is 0. The van der Waals surface area contributed by atoms with Crippen molar-refractivity contribution >= 4 is 39.0 Å². The molecule has 0 fully saturated rings. The van der Waals surface area contributed by atoms with Gasteiger partial charge in [-0.3, -0.25) is 9.59 Å². The predicted molar refractivity (Wildman–Crippen MR) is 100 cm³/mol. The predicted octanol–water partition coefficient (Wildman–Crippen LogP) is 4.94. The largest absolute Gasteiger partial charge is 0.457 e. The summed E-state index contributed by atoms with van der Waals surface area (Å²) in [6.07, 6.45) is -4.57. The normalized spacial score (nSPS) is 11.4. The third-order valence-corrected chi connectivity index (χ3v) is 5.32. The van der Waals surface area contributed by atoms with E-state index in [2.05, 4.69) is 26.1 Å². The van der Waals surface area contributed by atoms with Crippen LogP contribution in [-0.4, -0.2) is 28.6 Å². The molecule has 0 amide bonds. The van der Waals surface area contributed by atoms with E-state index in [0.29, 0.717) is 4.88 Å². The van der Waals surface area contributed by atoms with Crippen LogP contribution in [0.25, 0.3) is 11.5 Å². The molecule has 152 valence electrons. The average Bonchev–Trinajstić information content (AvgIpc) is 3.33. The maximum atomic E-state index is 12.8. The van der Waals surface area contributed by atoms with Crippen LogP contribution in [0.15, 0.2) is 44.6 Å². The molecule has 2 aromatic heterocycles. The minimum atomic E-state index is -4.49. The average molecular weight is 489 g/mol. The van der Waals surface area contributed by atoms with Crippen molar-refractivity contribution in [1.29, 1.82) is 0 Å². The molecule has 0 saturated heterocycles. The fourth-order valence-corrected chi connectivity index (χ4v) is 3.57. The third kappa shape index (κ3) is 5.73. The van der Waals surface area contributed by atoms with Gasteiger partial charge in [0.15, 0.2) is 6.61 Å². The fourth-order valence-electron chi connectivity index (χ4n) is 2.26. The van der Waals surface area contributed by atoms with Crippen molar-refractivity contribution in [1.82, 2.24) is 10.2 Å². The van der Waals surface area contributed by atoms with Crippen LogP contribution >= 0.6 is 27.3 Å². The quantitative estimate of drug-likeness (QED) is 0.346. The van der Waals surface area contributed by atoms with Crippen LogP contribution in [0.4, 0.5) is 13.2 Å². The Labute approximate surface area is 174 Å². The molecule has 0 N–H and O–H groups in total. The molecule has 3 aromatic rings. The first-order chi connectivity index (χ1) is 13.7. The van der Waals surface area contributed by atoms with Crippen LogP contribution in [0.5, 0.6) is 0 Å². The summed E-state index contributed by atoms with van der Waals surface area (Å²) in [5, 5.41) is 7.44. The van der Waals surface area contributed by atoms with Crippen molar-refractivity contribution in [2.45, 2.75) is 19.0 Å². The van der Waals surface area contributed by atoms with Crippen LogP contribution < -0.4 is 0 Å². The van der Waals surface area contributed by atoms with Crippen LogP contribution in [0.1, 0.15) is 27.5 Å².